The molecule has 1 amide bonds. The van der Waals surface area contributed by atoms with Crippen LogP contribution in [0.2, 0.25) is 0 Å². The lowest BCUT2D eigenvalue weighted by atomic mass is 9.87. The zero-order valence-electron chi connectivity index (χ0n) is 24.1. The van der Waals surface area contributed by atoms with Gasteiger partial charge in [-0.25, -0.2) is 0 Å². The van der Waals surface area contributed by atoms with E-state index in [1.165, 1.54) is 6.42 Å². The second-order valence-electron chi connectivity index (χ2n) is 10.8. The molecule has 5 nitrogen and oxygen atoms in total. The number of piperidine rings is 1. The number of H-pyrrole nitrogens is 1. The van der Waals surface area contributed by atoms with Crippen molar-refractivity contribution in [1.29, 1.82) is 0 Å². The van der Waals surface area contributed by atoms with E-state index in [0.717, 1.165) is 56.1 Å². The highest BCUT2D eigenvalue weighted by molar-refractivity contribution is 6.00. The van der Waals surface area contributed by atoms with E-state index >= 15 is 0 Å². The summed E-state index contributed by atoms with van der Waals surface area (Å²) in [4.78, 5) is 14.1. The highest BCUT2D eigenvalue weighted by atomic mass is 19.4. The fourth-order valence-electron chi connectivity index (χ4n) is 5.46. The summed E-state index contributed by atoms with van der Waals surface area (Å²) in [5, 5.41) is 7.79. The number of benzene rings is 3. The van der Waals surface area contributed by atoms with Crippen molar-refractivity contribution in [2.45, 2.75) is 51.1 Å². The Balaban J connectivity index is 1.29. The average Bonchev–Trinajstić information content (AvgIpc) is 3.49. The van der Waals surface area contributed by atoms with Crippen LogP contribution in [0.4, 0.5) is 13.2 Å². The Morgan fingerprint density at radius 2 is 1.65 bits per heavy atom. The molecule has 0 saturated carbocycles. The molecule has 3 aromatic carbocycles. The summed E-state index contributed by atoms with van der Waals surface area (Å²) in [5.41, 5.74) is 3.40. The maximum Gasteiger partial charge on any atom is 0.393 e. The van der Waals surface area contributed by atoms with E-state index in [1.54, 1.807) is 54.7 Å². The number of fused-ring (bicyclic) bond motifs is 1. The van der Waals surface area contributed by atoms with Crippen LogP contribution in [0.15, 0.2) is 91.1 Å². The van der Waals surface area contributed by atoms with Gasteiger partial charge >= 0.3 is 6.18 Å². The number of allylic oxidation sites excluding steroid dienone is 2. The number of aromatic nitrogens is 2. The third-order valence-corrected chi connectivity index (χ3v) is 7.64. The lowest BCUT2D eigenvalue weighted by Gasteiger charge is -2.25. The SMILES string of the molecule is O=C(/C=C/CCCCOc1ccc(/C(=C(/CC(F)(F)F)c2ccccc2)c2ccc3[nH]ncc3c2)cc1)N1CCCCC1. The van der Waals surface area contributed by atoms with Crippen LogP contribution in [-0.2, 0) is 4.79 Å². The number of likely N-dealkylation sites (tertiary alicyclic amines) is 1. The van der Waals surface area contributed by atoms with E-state index in [4.69, 9.17) is 4.74 Å². The number of carbonyl (C=O) groups is 1. The Kier molecular flexibility index (Phi) is 9.97. The second-order valence-corrected chi connectivity index (χ2v) is 10.8. The van der Waals surface area contributed by atoms with Crippen molar-refractivity contribution in [1.82, 2.24) is 15.1 Å². The van der Waals surface area contributed by atoms with Gasteiger partial charge in [-0.15, -0.1) is 0 Å². The largest absolute Gasteiger partial charge is 0.494 e. The molecule has 1 aliphatic heterocycles. The van der Waals surface area contributed by atoms with Gasteiger partial charge in [-0.05, 0) is 96.7 Å². The molecule has 0 spiro atoms. The Bertz CT molecular complexity index is 1550. The number of nitrogens with zero attached hydrogens (tertiary/aromatic N) is 2. The van der Waals surface area contributed by atoms with Crippen LogP contribution in [0.3, 0.4) is 0 Å². The van der Waals surface area contributed by atoms with Crippen LogP contribution in [-0.4, -0.2) is 46.9 Å². The zero-order chi connectivity index (χ0) is 30.1. The normalized spacial score (nSPS) is 14.7. The van der Waals surface area contributed by atoms with Crippen LogP contribution in [0.5, 0.6) is 5.75 Å². The Hall–Kier alpha value is -4.33. The van der Waals surface area contributed by atoms with Gasteiger partial charge in [-0.3, -0.25) is 9.89 Å². The molecule has 0 bridgehead atoms. The minimum absolute atomic E-state index is 0.0970. The van der Waals surface area contributed by atoms with Gasteiger partial charge in [0.25, 0.3) is 0 Å². The standard InChI is InChI=1S/C35H36F3N3O2/c36-35(37,38)24-31(26-11-5-3-6-12-26)34(28-16-19-32-29(23-28)25-39-40-32)27-14-17-30(18-15-27)43-22-10-2-1-7-13-33(42)41-20-8-4-9-21-41/h3,5-7,11-19,23,25H,1-2,4,8-10,20-22,24H2,(H,39,40)/b13-7+,34-31+. The molecule has 1 aliphatic rings. The summed E-state index contributed by atoms with van der Waals surface area (Å²) in [6, 6.07) is 21.5. The van der Waals surface area contributed by atoms with E-state index in [-0.39, 0.29) is 11.5 Å². The zero-order valence-corrected chi connectivity index (χ0v) is 24.1. The molecule has 0 radical (unpaired) electrons. The molecular formula is C35H36F3N3O2. The first-order valence-electron chi connectivity index (χ1n) is 14.8. The number of aromatic amines is 1. The number of alkyl halides is 3. The topological polar surface area (TPSA) is 58.2 Å². The van der Waals surface area contributed by atoms with E-state index in [9.17, 15) is 18.0 Å². The molecule has 0 unspecified atom stereocenters. The molecule has 4 aromatic rings. The van der Waals surface area contributed by atoms with Gasteiger partial charge in [0.2, 0.25) is 5.91 Å². The van der Waals surface area contributed by atoms with Crippen molar-refractivity contribution < 1.29 is 22.7 Å². The predicted octanol–water partition coefficient (Wildman–Crippen LogP) is 8.59. The average molecular weight is 588 g/mol. The third-order valence-electron chi connectivity index (χ3n) is 7.64. The van der Waals surface area contributed by atoms with Crippen molar-refractivity contribution in [2.24, 2.45) is 0 Å². The maximum atomic E-state index is 13.9. The van der Waals surface area contributed by atoms with Gasteiger partial charge in [0.15, 0.2) is 0 Å². The molecule has 2 heterocycles. The van der Waals surface area contributed by atoms with E-state index in [0.29, 0.717) is 34.6 Å². The number of rotatable bonds is 11. The van der Waals surface area contributed by atoms with E-state index in [2.05, 4.69) is 10.2 Å². The molecule has 5 rings (SSSR count). The Labute approximate surface area is 250 Å². The lowest BCUT2D eigenvalue weighted by Crippen LogP contribution is -2.34. The first kappa shape index (κ1) is 30.1. The molecule has 43 heavy (non-hydrogen) atoms. The molecule has 1 N–H and O–H groups in total. The minimum Gasteiger partial charge on any atom is -0.494 e. The molecule has 224 valence electrons. The number of nitrogens with one attached hydrogen (secondary N) is 1. The number of hydrogen-bond donors (Lipinski definition) is 1. The van der Waals surface area contributed by atoms with Crippen LogP contribution >= 0.6 is 0 Å². The van der Waals surface area contributed by atoms with Gasteiger partial charge in [0.05, 0.1) is 24.7 Å². The summed E-state index contributed by atoms with van der Waals surface area (Å²) >= 11 is 0. The summed E-state index contributed by atoms with van der Waals surface area (Å²) < 4.78 is 47.7. The summed E-state index contributed by atoms with van der Waals surface area (Å²) in [6.45, 7) is 2.21. The van der Waals surface area contributed by atoms with Crippen molar-refractivity contribution >= 4 is 28.0 Å². The first-order valence-corrected chi connectivity index (χ1v) is 14.8. The maximum absolute atomic E-state index is 13.9. The van der Waals surface area contributed by atoms with E-state index in [1.807, 2.05) is 41.3 Å². The summed E-state index contributed by atoms with van der Waals surface area (Å²) in [6.07, 6.45) is 5.71. The van der Waals surface area contributed by atoms with Gasteiger partial charge < -0.3 is 9.64 Å². The lowest BCUT2D eigenvalue weighted by molar-refractivity contribution is -0.127. The van der Waals surface area contributed by atoms with Gasteiger partial charge in [0.1, 0.15) is 5.75 Å². The number of unbranched alkanes of at least 4 members (excludes halogenated alkanes) is 2. The molecule has 0 atom stereocenters. The van der Waals surface area contributed by atoms with Crippen LogP contribution in [0.25, 0.3) is 22.0 Å². The second kappa shape index (κ2) is 14.2. The number of ether oxygens (including phenoxy) is 1. The Morgan fingerprint density at radius 3 is 2.40 bits per heavy atom. The predicted molar refractivity (Wildman–Crippen MR) is 164 cm³/mol. The van der Waals surface area contributed by atoms with Crippen molar-refractivity contribution in [3.63, 3.8) is 0 Å². The summed E-state index contributed by atoms with van der Waals surface area (Å²) in [7, 11) is 0. The van der Waals surface area contributed by atoms with Crippen LogP contribution < -0.4 is 4.74 Å². The van der Waals surface area contributed by atoms with Gasteiger partial charge in [-0.1, -0.05) is 54.6 Å². The van der Waals surface area contributed by atoms with Crippen molar-refractivity contribution in [3.8, 4) is 5.75 Å². The highest BCUT2D eigenvalue weighted by Gasteiger charge is 2.31. The fraction of sp³-hybridized carbons (Fsp3) is 0.314. The first-order chi connectivity index (χ1) is 20.9. The minimum atomic E-state index is -4.39. The van der Waals surface area contributed by atoms with Gasteiger partial charge in [0, 0.05) is 18.5 Å². The van der Waals surface area contributed by atoms with Crippen LogP contribution in [0.1, 0.15) is 61.6 Å². The molecule has 1 fully saturated rings. The number of halogens is 3. The molecule has 0 aliphatic carbocycles. The highest BCUT2D eigenvalue weighted by Crippen LogP contribution is 2.40. The number of carbonyl (C=O) groups excluding carboxylic acids is 1. The Morgan fingerprint density at radius 1 is 0.907 bits per heavy atom. The van der Waals surface area contributed by atoms with Crippen molar-refractivity contribution in [3.05, 3.63) is 108 Å². The molecule has 8 heteroatoms. The smallest absolute Gasteiger partial charge is 0.393 e. The quantitative estimate of drug-likeness (QED) is 0.109. The molecular weight excluding hydrogens is 551 g/mol. The number of hydrogen-bond acceptors (Lipinski definition) is 3. The van der Waals surface area contributed by atoms with Crippen LogP contribution in [0, 0.1) is 0 Å². The number of amides is 1. The van der Waals surface area contributed by atoms with Crippen molar-refractivity contribution in [2.75, 3.05) is 19.7 Å². The third kappa shape index (κ3) is 8.37. The summed E-state index contributed by atoms with van der Waals surface area (Å²) in [5.74, 6) is 0.751. The monoisotopic (exact) mass is 587 g/mol. The van der Waals surface area contributed by atoms with E-state index < -0.39 is 12.6 Å². The molecule has 1 saturated heterocycles. The van der Waals surface area contributed by atoms with Gasteiger partial charge in [-0.2, -0.15) is 18.3 Å². The fourth-order valence-corrected chi connectivity index (χ4v) is 5.46. The molecule has 1 aromatic heterocycles.